The Labute approximate surface area is 225 Å². The van der Waals surface area contributed by atoms with E-state index in [9.17, 15) is 29.4 Å². The van der Waals surface area contributed by atoms with Crippen molar-refractivity contribution in [1.82, 2.24) is 9.80 Å². The molecule has 3 unspecified atom stereocenters. The maximum atomic E-state index is 13.4. The number of amides is 1. The topological polar surface area (TPSA) is 195 Å². The molecule has 39 heavy (non-hydrogen) atoms. The molecule has 3 heterocycles. The minimum Gasteiger partial charge on any atom is -0.481 e. The number of aliphatic hydroxyl groups excluding tert-OH is 1. The lowest BCUT2D eigenvalue weighted by atomic mass is 9.79. The first-order chi connectivity index (χ1) is 18.4. The Hall–Kier alpha value is -3.26. The van der Waals surface area contributed by atoms with E-state index in [1.165, 1.54) is 18.9 Å². The number of aliphatic carboxylic acids is 1. The van der Waals surface area contributed by atoms with Gasteiger partial charge in [0.2, 0.25) is 18.0 Å². The minimum atomic E-state index is -1.64. The molecule has 2 fully saturated rings. The molecule has 0 saturated carbocycles. The zero-order valence-electron chi connectivity index (χ0n) is 22.1. The van der Waals surface area contributed by atoms with Gasteiger partial charge in [0.25, 0.3) is 0 Å². The van der Waals surface area contributed by atoms with Crippen molar-refractivity contribution in [3.63, 3.8) is 0 Å². The van der Waals surface area contributed by atoms with E-state index in [1.807, 2.05) is 6.08 Å². The summed E-state index contributed by atoms with van der Waals surface area (Å²) in [7, 11) is 1.42. The lowest BCUT2D eigenvalue weighted by Crippen LogP contribution is -2.56. The number of fused-ring (bicyclic) bond motifs is 4. The maximum Gasteiger partial charge on any atom is 0.411 e. The minimum absolute atomic E-state index is 0.111. The average molecular weight is 547 g/mol. The zero-order chi connectivity index (χ0) is 28.4. The number of nitrogens with zero attached hydrogens (tertiary/aromatic N) is 2. The van der Waals surface area contributed by atoms with Crippen molar-refractivity contribution in [1.29, 1.82) is 0 Å². The fourth-order valence-corrected chi connectivity index (χ4v) is 6.59. The Balaban J connectivity index is 1.40. The van der Waals surface area contributed by atoms with Crippen molar-refractivity contribution in [3.05, 3.63) is 34.7 Å². The van der Waals surface area contributed by atoms with E-state index in [-0.39, 0.29) is 41.7 Å². The van der Waals surface area contributed by atoms with E-state index in [2.05, 4.69) is 0 Å². The number of Topliss-reactive ketones (excluding diaryl/α,β-unsaturated/α-hetero) is 2. The quantitative estimate of drug-likeness (QED) is 0.150. The van der Waals surface area contributed by atoms with Gasteiger partial charge in [0, 0.05) is 24.8 Å². The first-order valence-electron chi connectivity index (χ1n) is 13.0. The number of hydrogen-bond acceptors (Lipinski definition) is 11. The molecule has 0 bridgehead atoms. The van der Waals surface area contributed by atoms with Crippen LogP contribution in [-0.4, -0.2) is 94.2 Å². The predicted octanol–water partition coefficient (Wildman–Crippen LogP) is -0.0566. The molecule has 5 aliphatic rings. The van der Waals surface area contributed by atoms with E-state index in [0.717, 1.165) is 0 Å². The number of ether oxygens (including phenoxy) is 3. The summed E-state index contributed by atoms with van der Waals surface area (Å²) in [6.07, 6.45) is 2.51. The fourth-order valence-electron chi connectivity index (χ4n) is 6.59. The molecule has 13 heteroatoms. The Kier molecular flexibility index (Phi) is 6.61. The van der Waals surface area contributed by atoms with Gasteiger partial charge in [0.05, 0.1) is 35.4 Å². The monoisotopic (exact) mass is 546 g/mol. The van der Waals surface area contributed by atoms with E-state index >= 15 is 0 Å². The number of ketones is 2. The molecule has 2 saturated heterocycles. The summed E-state index contributed by atoms with van der Waals surface area (Å²) >= 11 is 0. The summed E-state index contributed by atoms with van der Waals surface area (Å²) in [5.41, 5.74) is 9.36. The summed E-state index contributed by atoms with van der Waals surface area (Å²) in [4.78, 5) is 54.9. The summed E-state index contributed by atoms with van der Waals surface area (Å²) in [5.74, 6) is -2.70. The van der Waals surface area contributed by atoms with Crippen LogP contribution in [0.5, 0.6) is 0 Å². The van der Waals surface area contributed by atoms with Crippen molar-refractivity contribution in [2.75, 3.05) is 20.3 Å². The molecule has 13 nitrogen and oxygen atoms in total. The number of carboxylic acid groups (broad SMARTS) is 1. The van der Waals surface area contributed by atoms with Gasteiger partial charge in [0.15, 0.2) is 5.72 Å². The van der Waals surface area contributed by atoms with Gasteiger partial charge in [-0.1, -0.05) is 6.08 Å². The summed E-state index contributed by atoms with van der Waals surface area (Å²) in [6, 6.07) is -0.960. The van der Waals surface area contributed by atoms with Crippen molar-refractivity contribution in [2.24, 2.45) is 22.8 Å². The standard InChI is InChI=1S/C26H34N4O9/c1-12-17(27)20(32)16-14(11-38-23(28)35)26(37-3)21-15(10-29(26)18(16)19(12)31)30(21)24(36)39-13-6-4-5-8-25(2,9-7-13)22(33)34/h4,6,13-15,21,23,35H,5,7-11,27-28H2,1-3H3,(H,33,34)/b6-4+/t13-,14+,15?,21?,23?,25+,26+,30?/m0/s1. The highest BCUT2D eigenvalue weighted by molar-refractivity contribution is 6.25. The zero-order valence-corrected chi connectivity index (χ0v) is 22.1. The number of nitrogens with two attached hydrogens (primary N) is 2. The van der Waals surface area contributed by atoms with Crippen LogP contribution in [0.15, 0.2) is 34.7 Å². The Morgan fingerprint density at radius 1 is 1.26 bits per heavy atom. The molecule has 1 amide bonds. The molecule has 0 aromatic carbocycles. The second kappa shape index (κ2) is 9.44. The molecule has 0 aromatic rings. The number of methoxy groups -OCH3 is 1. The Morgan fingerprint density at radius 2 is 1.97 bits per heavy atom. The first-order valence-corrected chi connectivity index (χ1v) is 13.0. The molecule has 3 aliphatic heterocycles. The molecular formula is C26H34N4O9. The second-order valence-corrected chi connectivity index (χ2v) is 11.0. The third-order valence-electron chi connectivity index (χ3n) is 8.90. The maximum absolute atomic E-state index is 13.4. The normalized spacial score (nSPS) is 37.2. The van der Waals surface area contributed by atoms with Crippen LogP contribution in [0, 0.1) is 11.3 Å². The van der Waals surface area contributed by atoms with E-state index in [0.29, 0.717) is 25.7 Å². The van der Waals surface area contributed by atoms with Crippen LogP contribution in [0.4, 0.5) is 4.79 Å². The van der Waals surface area contributed by atoms with E-state index in [4.69, 9.17) is 25.7 Å². The summed E-state index contributed by atoms with van der Waals surface area (Å²) < 4.78 is 17.1. The van der Waals surface area contributed by atoms with Gasteiger partial charge in [-0.05, 0) is 45.6 Å². The number of aliphatic hydroxyl groups is 1. The van der Waals surface area contributed by atoms with Crippen LogP contribution < -0.4 is 11.5 Å². The molecule has 0 radical (unpaired) electrons. The first kappa shape index (κ1) is 27.3. The largest absolute Gasteiger partial charge is 0.481 e. The van der Waals surface area contributed by atoms with Crippen LogP contribution in [0.3, 0.4) is 0 Å². The van der Waals surface area contributed by atoms with Crippen molar-refractivity contribution >= 4 is 23.6 Å². The molecule has 212 valence electrons. The van der Waals surface area contributed by atoms with E-state index < -0.39 is 59.2 Å². The third-order valence-corrected chi connectivity index (χ3v) is 8.90. The van der Waals surface area contributed by atoms with Crippen molar-refractivity contribution in [3.8, 4) is 0 Å². The summed E-state index contributed by atoms with van der Waals surface area (Å²) in [5, 5.41) is 19.2. The van der Waals surface area contributed by atoms with Crippen LogP contribution in [0.25, 0.3) is 0 Å². The van der Waals surface area contributed by atoms with Gasteiger partial charge in [-0.2, -0.15) is 0 Å². The van der Waals surface area contributed by atoms with Gasteiger partial charge in [-0.3, -0.25) is 25.0 Å². The summed E-state index contributed by atoms with van der Waals surface area (Å²) in [6.45, 7) is 3.12. The molecule has 0 aromatic heterocycles. The van der Waals surface area contributed by atoms with E-state index in [1.54, 1.807) is 17.9 Å². The van der Waals surface area contributed by atoms with Gasteiger partial charge in [-0.25, -0.2) is 4.79 Å². The lowest BCUT2D eigenvalue weighted by Gasteiger charge is -2.41. The smallest absolute Gasteiger partial charge is 0.411 e. The molecule has 0 spiro atoms. The van der Waals surface area contributed by atoms with Gasteiger partial charge in [-0.15, -0.1) is 0 Å². The highest BCUT2D eigenvalue weighted by atomic mass is 16.6. The highest BCUT2D eigenvalue weighted by Gasteiger charge is 2.78. The molecule has 7 atom stereocenters. The fraction of sp³-hybridized carbons (Fsp3) is 0.615. The number of carbonyl (C=O) groups is 4. The Bertz CT molecular complexity index is 1230. The number of carbonyl (C=O) groups excluding carboxylic acids is 3. The van der Waals surface area contributed by atoms with Crippen molar-refractivity contribution < 1.29 is 43.6 Å². The van der Waals surface area contributed by atoms with Crippen LogP contribution in [0.2, 0.25) is 0 Å². The number of carboxylic acids is 1. The number of rotatable bonds is 6. The number of allylic oxidation sites excluding steroid dienone is 3. The molecular weight excluding hydrogens is 512 g/mol. The molecule has 6 N–H and O–H groups in total. The van der Waals surface area contributed by atoms with Crippen LogP contribution in [0.1, 0.15) is 39.5 Å². The third kappa shape index (κ3) is 3.98. The van der Waals surface area contributed by atoms with Crippen LogP contribution in [-0.2, 0) is 28.6 Å². The predicted molar refractivity (Wildman–Crippen MR) is 133 cm³/mol. The lowest BCUT2D eigenvalue weighted by molar-refractivity contribution is -0.169. The second-order valence-electron chi connectivity index (χ2n) is 11.0. The average Bonchev–Trinajstić information content (AvgIpc) is 3.39. The molecule has 5 rings (SSSR count). The van der Waals surface area contributed by atoms with Gasteiger partial charge >= 0.3 is 12.1 Å². The van der Waals surface area contributed by atoms with Crippen molar-refractivity contribution in [2.45, 2.75) is 69.9 Å². The van der Waals surface area contributed by atoms with Gasteiger partial charge < -0.3 is 35.1 Å². The SMILES string of the molecule is CO[C@]12C3C(CN1C1=C(C(=O)C(N)=C(C)C1=O)[C@H]2COC(N)O)N3C(=O)O[C@H]1/C=C/CC[C@@](C)(C(=O)O)CC1. The number of piperazine rings is 1. The molecule has 2 aliphatic carbocycles. The number of hydrogen-bond donors (Lipinski definition) is 4. The Morgan fingerprint density at radius 3 is 2.62 bits per heavy atom. The highest BCUT2D eigenvalue weighted by Crippen LogP contribution is 2.60. The van der Waals surface area contributed by atoms with Crippen LogP contribution >= 0.6 is 0 Å². The van der Waals surface area contributed by atoms with Gasteiger partial charge in [0.1, 0.15) is 12.1 Å².